The summed E-state index contributed by atoms with van der Waals surface area (Å²) in [5, 5.41) is 11.0. The lowest BCUT2D eigenvalue weighted by molar-refractivity contribution is -1.05. The standard InChI is InChI=1S/C5H11NO2/c1-8-6(7)4-2-3-5-6/h2-5H2,1H3. The van der Waals surface area contributed by atoms with E-state index in [1.807, 2.05) is 0 Å². The number of hydroxylamine groups is 4. The summed E-state index contributed by atoms with van der Waals surface area (Å²) in [4.78, 5) is 4.25. The first-order valence-corrected chi connectivity index (χ1v) is 2.91. The molecule has 0 amide bonds. The van der Waals surface area contributed by atoms with E-state index in [2.05, 4.69) is 4.84 Å². The van der Waals surface area contributed by atoms with Gasteiger partial charge in [-0.15, -0.1) is 0 Å². The Hall–Kier alpha value is -0.120. The van der Waals surface area contributed by atoms with Crippen molar-refractivity contribution in [3.63, 3.8) is 0 Å². The first kappa shape index (κ1) is 6.01. The van der Waals surface area contributed by atoms with Gasteiger partial charge in [-0.2, -0.15) is 0 Å². The van der Waals surface area contributed by atoms with Gasteiger partial charge in [0.1, 0.15) is 13.1 Å². The molecule has 0 aromatic heterocycles. The highest BCUT2D eigenvalue weighted by atomic mass is 16.9. The van der Waals surface area contributed by atoms with E-state index in [1.165, 1.54) is 7.11 Å². The highest BCUT2D eigenvalue weighted by molar-refractivity contribution is 4.47. The second-order valence-corrected chi connectivity index (χ2v) is 2.15. The molecule has 0 bridgehead atoms. The average molecular weight is 117 g/mol. The summed E-state index contributed by atoms with van der Waals surface area (Å²) in [7, 11) is 1.47. The Morgan fingerprint density at radius 1 is 1.38 bits per heavy atom. The Kier molecular flexibility index (Phi) is 1.51. The molecule has 0 aliphatic carbocycles. The maximum absolute atomic E-state index is 11.0. The summed E-state index contributed by atoms with van der Waals surface area (Å²) in [5.74, 6) is 0. The molecule has 0 aromatic carbocycles. The smallest absolute Gasteiger partial charge is 0.109 e. The Labute approximate surface area is 49.0 Å². The van der Waals surface area contributed by atoms with E-state index in [0.29, 0.717) is 13.1 Å². The van der Waals surface area contributed by atoms with Gasteiger partial charge in [0.05, 0.1) is 7.11 Å². The van der Waals surface area contributed by atoms with Crippen molar-refractivity contribution >= 4 is 0 Å². The second-order valence-electron chi connectivity index (χ2n) is 2.15. The molecule has 1 fully saturated rings. The van der Waals surface area contributed by atoms with E-state index in [0.717, 1.165) is 12.8 Å². The lowest BCUT2D eigenvalue weighted by atomic mass is 10.4. The van der Waals surface area contributed by atoms with Gasteiger partial charge in [0.25, 0.3) is 0 Å². The van der Waals surface area contributed by atoms with Crippen molar-refractivity contribution in [3.05, 3.63) is 5.21 Å². The van der Waals surface area contributed by atoms with Crippen molar-refractivity contribution in [2.24, 2.45) is 0 Å². The van der Waals surface area contributed by atoms with Crippen molar-refractivity contribution in [2.75, 3.05) is 20.2 Å². The van der Waals surface area contributed by atoms with Crippen molar-refractivity contribution in [1.82, 2.24) is 0 Å². The molecule has 0 atom stereocenters. The molecule has 3 heteroatoms. The summed E-state index contributed by atoms with van der Waals surface area (Å²) in [6.07, 6.45) is 2.02. The van der Waals surface area contributed by atoms with Crippen molar-refractivity contribution in [1.29, 1.82) is 0 Å². The van der Waals surface area contributed by atoms with E-state index < -0.39 is 4.81 Å². The summed E-state index contributed by atoms with van der Waals surface area (Å²) in [6.45, 7) is 1.27. The van der Waals surface area contributed by atoms with Crippen LogP contribution in [0.5, 0.6) is 0 Å². The molecule has 1 heterocycles. The number of rotatable bonds is 1. The number of hydrogen-bond donors (Lipinski definition) is 0. The van der Waals surface area contributed by atoms with Crippen LogP contribution in [-0.2, 0) is 4.84 Å². The Bertz CT molecular complexity index is 78.5. The third kappa shape index (κ3) is 0.992. The first-order valence-electron chi connectivity index (χ1n) is 2.91. The SMILES string of the molecule is CO[N+]1([O-])CCCC1. The van der Waals surface area contributed by atoms with E-state index in [1.54, 1.807) is 0 Å². The summed E-state index contributed by atoms with van der Waals surface area (Å²) < 4.78 is 0. The number of quaternary nitrogens is 1. The molecule has 0 aromatic rings. The van der Waals surface area contributed by atoms with E-state index in [4.69, 9.17) is 0 Å². The minimum atomic E-state index is -0.431. The van der Waals surface area contributed by atoms with Crippen LogP contribution < -0.4 is 0 Å². The number of hydrogen-bond acceptors (Lipinski definition) is 2. The molecule has 8 heavy (non-hydrogen) atoms. The molecule has 48 valence electrons. The zero-order valence-corrected chi connectivity index (χ0v) is 5.09. The molecule has 0 spiro atoms. The Morgan fingerprint density at radius 2 is 1.88 bits per heavy atom. The van der Waals surface area contributed by atoms with E-state index >= 15 is 0 Å². The van der Waals surface area contributed by atoms with Gasteiger partial charge in [-0.1, -0.05) is 0 Å². The highest BCUT2D eigenvalue weighted by Gasteiger charge is 2.22. The fraction of sp³-hybridized carbons (Fsp3) is 1.00. The molecular weight excluding hydrogens is 106 g/mol. The molecule has 1 aliphatic heterocycles. The van der Waals surface area contributed by atoms with Crippen molar-refractivity contribution in [2.45, 2.75) is 12.8 Å². The molecule has 3 nitrogen and oxygen atoms in total. The molecule has 0 saturated carbocycles. The third-order valence-electron chi connectivity index (χ3n) is 1.58. The maximum atomic E-state index is 11.0. The lowest BCUT2D eigenvalue weighted by Gasteiger charge is -2.32. The summed E-state index contributed by atoms with van der Waals surface area (Å²) >= 11 is 0. The fourth-order valence-corrected chi connectivity index (χ4v) is 1.000. The Morgan fingerprint density at radius 3 is 2.12 bits per heavy atom. The molecule has 1 aliphatic rings. The largest absolute Gasteiger partial charge is 0.598 e. The maximum Gasteiger partial charge on any atom is 0.109 e. The number of nitrogens with zero attached hydrogens (tertiary/aromatic N) is 1. The van der Waals surface area contributed by atoms with Crippen LogP contribution >= 0.6 is 0 Å². The van der Waals surface area contributed by atoms with Crippen LogP contribution in [0.4, 0.5) is 0 Å². The van der Waals surface area contributed by atoms with Gasteiger partial charge in [-0.25, -0.2) is 9.65 Å². The first-order chi connectivity index (χ1) is 3.77. The quantitative estimate of drug-likeness (QED) is 0.373. The summed E-state index contributed by atoms with van der Waals surface area (Å²) in [6, 6.07) is 0. The van der Waals surface area contributed by atoms with Crippen molar-refractivity contribution < 1.29 is 9.65 Å². The molecular formula is C5H11NO2. The summed E-state index contributed by atoms with van der Waals surface area (Å²) in [5.41, 5.74) is 0. The molecule has 0 N–H and O–H groups in total. The molecule has 1 rings (SSSR count). The van der Waals surface area contributed by atoms with Gasteiger partial charge < -0.3 is 5.21 Å². The van der Waals surface area contributed by atoms with Crippen LogP contribution in [0.25, 0.3) is 0 Å². The molecule has 1 saturated heterocycles. The van der Waals surface area contributed by atoms with Crippen LogP contribution in [0, 0.1) is 5.21 Å². The van der Waals surface area contributed by atoms with Crippen LogP contribution in [0.2, 0.25) is 0 Å². The third-order valence-corrected chi connectivity index (χ3v) is 1.58. The van der Waals surface area contributed by atoms with Gasteiger partial charge in [0.2, 0.25) is 0 Å². The zero-order chi connectivity index (χ0) is 6.04. The van der Waals surface area contributed by atoms with Gasteiger partial charge in [-0.05, 0) is 0 Å². The predicted octanol–water partition coefficient (Wildman–Crippen LogP) is 0.656. The van der Waals surface area contributed by atoms with Crippen molar-refractivity contribution in [3.8, 4) is 0 Å². The molecule has 0 radical (unpaired) electrons. The van der Waals surface area contributed by atoms with Crippen LogP contribution in [-0.4, -0.2) is 25.0 Å². The molecule has 0 unspecified atom stereocenters. The van der Waals surface area contributed by atoms with Crippen LogP contribution in [0.15, 0.2) is 0 Å². The second kappa shape index (κ2) is 2.01. The predicted molar refractivity (Wildman–Crippen MR) is 29.6 cm³/mol. The minimum Gasteiger partial charge on any atom is -0.598 e. The highest BCUT2D eigenvalue weighted by Crippen LogP contribution is 2.16. The monoisotopic (exact) mass is 117 g/mol. The van der Waals surface area contributed by atoms with Gasteiger partial charge in [0, 0.05) is 12.8 Å². The topological polar surface area (TPSA) is 32.3 Å². The average Bonchev–Trinajstić information content (AvgIpc) is 2.17. The van der Waals surface area contributed by atoms with Crippen LogP contribution in [0.1, 0.15) is 12.8 Å². The van der Waals surface area contributed by atoms with Crippen LogP contribution in [0.3, 0.4) is 0 Å². The van der Waals surface area contributed by atoms with Gasteiger partial charge in [0.15, 0.2) is 0 Å². The van der Waals surface area contributed by atoms with Gasteiger partial charge >= 0.3 is 0 Å². The Balaban J connectivity index is 2.40. The fourth-order valence-electron chi connectivity index (χ4n) is 1.000. The normalized spacial score (nSPS) is 26.2. The lowest BCUT2D eigenvalue weighted by Crippen LogP contribution is -2.36. The van der Waals surface area contributed by atoms with E-state index in [9.17, 15) is 5.21 Å². The minimum absolute atomic E-state index is 0.431. The van der Waals surface area contributed by atoms with E-state index in [-0.39, 0.29) is 0 Å². The van der Waals surface area contributed by atoms with Gasteiger partial charge in [-0.3, -0.25) is 0 Å². The zero-order valence-electron chi connectivity index (χ0n) is 5.09.